The lowest BCUT2D eigenvalue weighted by Gasteiger charge is -2.29. The number of amides is 2. The van der Waals surface area contributed by atoms with E-state index in [1.54, 1.807) is 0 Å². The summed E-state index contributed by atoms with van der Waals surface area (Å²) in [5.41, 5.74) is 1.04. The van der Waals surface area contributed by atoms with Crippen molar-refractivity contribution in [3.05, 3.63) is 23.9 Å². The zero-order chi connectivity index (χ0) is 18.4. The summed E-state index contributed by atoms with van der Waals surface area (Å²) < 4.78 is 0. The van der Waals surface area contributed by atoms with E-state index in [9.17, 15) is 9.59 Å². The molecule has 0 radical (unpaired) electrons. The molecule has 1 aliphatic heterocycles. The van der Waals surface area contributed by atoms with Crippen LogP contribution in [0.25, 0.3) is 0 Å². The Kier molecular flexibility index (Phi) is 6.47. The van der Waals surface area contributed by atoms with Crippen molar-refractivity contribution in [3.63, 3.8) is 0 Å². The van der Waals surface area contributed by atoms with Crippen molar-refractivity contribution in [1.29, 1.82) is 0 Å². The smallest absolute Gasteiger partial charge is 0.243 e. The molecule has 0 bridgehead atoms. The molecule has 6 nitrogen and oxygen atoms in total. The Labute approximate surface area is 155 Å². The first-order chi connectivity index (χ1) is 12.6. The Morgan fingerprint density at radius 2 is 1.92 bits per heavy atom. The van der Waals surface area contributed by atoms with Crippen LogP contribution >= 0.6 is 0 Å². The standard InChI is InChI=1S/C20H30N4O2/c1-15(25)23-18(16-8-3-4-9-16)20(26)22-14-17-10-7-11-21-19(17)24-12-5-2-6-13-24/h7,10-11,16,18H,2-6,8-9,12-14H2,1H3,(H,22,26)(H,23,25). The molecule has 0 aromatic carbocycles. The van der Waals surface area contributed by atoms with Crippen molar-refractivity contribution >= 4 is 17.6 Å². The van der Waals surface area contributed by atoms with Crippen LogP contribution in [0.15, 0.2) is 18.3 Å². The molecule has 2 N–H and O–H groups in total. The van der Waals surface area contributed by atoms with Gasteiger partial charge in [0.15, 0.2) is 0 Å². The maximum absolute atomic E-state index is 12.8. The summed E-state index contributed by atoms with van der Waals surface area (Å²) >= 11 is 0. The number of piperidine rings is 1. The first-order valence-electron chi connectivity index (χ1n) is 9.89. The topological polar surface area (TPSA) is 74.3 Å². The number of aromatic nitrogens is 1. The fraction of sp³-hybridized carbons (Fsp3) is 0.650. The Balaban J connectivity index is 1.65. The Morgan fingerprint density at radius 3 is 2.62 bits per heavy atom. The average molecular weight is 358 g/mol. The Hall–Kier alpha value is -2.11. The van der Waals surface area contributed by atoms with Gasteiger partial charge < -0.3 is 15.5 Å². The van der Waals surface area contributed by atoms with Crippen LogP contribution in [0.2, 0.25) is 0 Å². The second kappa shape index (κ2) is 9.01. The van der Waals surface area contributed by atoms with Crippen molar-refractivity contribution < 1.29 is 9.59 Å². The normalized spacial score (nSPS) is 19.2. The van der Waals surface area contributed by atoms with Crippen LogP contribution in [0.3, 0.4) is 0 Å². The van der Waals surface area contributed by atoms with Gasteiger partial charge in [0.1, 0.15) is 11.9 Å². The van der Waals surface area contributed by atoms with Crippen LogP contribution in [0.5, 0.6) is 0 Å². The van der Waals surface area contributed by atoms with E-state index in [4.69, 9.17) is 0 Å². The molecule has 3 rings (SSSR count). The number of nitrogens with zero attached hydrogens (tertiary/aromatic N) is 2. The number of nitrogens with one attached hydrogen (secondary N) is 2. The van der Waals surface area contributed by atoms with Crippen LogP contribution < -0.4 is 15.5 Å². The lowest BCUT2D eigenvalue weighted by Crippen LogP contribution is -2.49. The predicted octanol–water partition coefficient (Wildman–Crippen LogP) is 2.38. The van der Waals surface area contributed by atoms with Gasteiger partial charge in [-0.15, -0.1) is 0 Å². The van der Waals surface area contributed by atoms with Gasteiger partial charge >= 0.3 is 0 Å². The minimum absolute atomic E-state index is 0.0828. The lowest BCUT2D eigenvalue weighted by molar-refractivity contribution is -0.129. The molecule has 2 heterocycles. The minimum Gasteiger partial charge on any atom is -0.356 e. The number of hydrogen-bond donors (Lipinski definition) is 2. The second-order valence-electron chi connectivity index (χ2n) is 7.47. The van der Waals surface area contributed by atoms with Crippen molar-refractivity contribution in [3.8, 4) is 0 Å². The SMILES string of the molecule is CC(=O)NC(C(=O)NCc1cccnc1N1CCCCC1)C1CCCC1. The monoisotopic (exact) mass is 358 g/mol. The van der Waals surface area contributed by atoms with Crippen molar-refractivity contribution in [2.24, 2.45) is 5.92 Å². The highest BCUT2D eigenvalue weighted by atomic mass is 16.2. The third-order valence-corrected chi connectivity index (χ3v) is 5.49. The van der Waals surface area contributed by atoms with Crippen molar-refractivity contribution in [2.75, 3.05) is 18.0 Å². The van der Waals surface area contributed by atoms with Crippen LogP contribution in [0.4, 0.5) is 5.82 Å². The van der Waals surface area contributed by atoms with Gasteiger partial charge in [0.2, 0.25) is 11.8 Å². The van der Waals surface area contributed by atoms with E-state index in [1.807, 2.05) is 18.3 Å². The zero-order valence-corrected chi connectivity index (χ0v) is 15.7. The van der Waals surface area contributed by atoms with E-state index in [0.29, 0.717) is 6.54 Å². The average Bonchev–Trinajstić information content (AvgIpc) is 3.19. The quantitative estimate of drug-likeness (QED) is 0.819. The van der Waals surface area contributed by atoms with E-state index in [1.165, 1.54) is 26.2 Å². The van der Waals surface area contributed by atoms with E-state index >= 15 is 0 Å². The van der Waals surface area contributed by atoms with Gasteiger partial charge in [-0.05, 0) is 44.1 Å². The van der Waals surface area contributed by atoms with E-state index in [2.05, 4.69) is 20.5 Å². The second-order valence-corrected chi connectivity index (χ2v) is 7.47. The highest BCUT2D eigenvalue weighted by molar-refractivity contribution is 5.87. The van der Waals surface area contributed by atoms with Gasteiger partial charge in [-0.25, -0.2) is 4.98 Å². The number of carbonyl (C=O) groups excluding carboxylic acids is 2. The van der Waals surface area contributed by atoms with Gasteiger partial charge in [0, 0.05) is 38.3 Å². The third-order valence-electron chi connectivity index (χ3n) is 5.49. The lowest BCUT2D eigenvalue weighted by atomic mass is 9.97. The van der Waals surface area contributed by atoms with Gasteiger partial charge in [0.05, 0.1) is 0 Å². The Morgan fingerprint density at radius 1 is 1.19 bits per heavy atom. The first kappa shape index (κ1) is 18.7. The number of anilines is 1. The molecule has 1 unspecified atom stereocenters. The molecule has 1 saturated carbocycles. The molecule has 1 aliphatic carbocycles. The fourth-order valence-electron chi connectivity index (χ4n) is 4.16. The van der Waals surface area contributed by atoms with Gasteiger partial charge in [-0.3, -0.25) is 9.59 Å². The van der Waals surface area contributed by atoms with Crippen LogP contribution in [-0.4, -0.2) is 35.9 Å². The van der Waals surface area contributed by atoms with Crippen molar-refractivity contribution in [1.82, 2.24) is 15.6 Å². The number of carbonyl (C=O) groups is 2. The molecule has 6 heteroatoms. The summed E-state index contributed by atoms with van der Waals surface area (Å²) in [4.78, 5) is 31.2. The van der Waals surface area contributed by atoms with Crippen molar-refractivity contribution in [2.45, 2.75) is 64.5 Å². The molecule has 1 saturated heterocycles. The third kappa shape index (κ3) is 4.74. The molecule has 2 aliphatic rings. The molecule has 1 atom stereocenters. The molecule has 142 valence electrons. The summed E-state index contributed by atoms with van der Waals surface area (Å²) in [5.74, 6) is 0.992. The maximum Gasteiger partial charge on any atom is 0.243 e. The summed E-state index contributed by atoms with van der Waals surface area (Å²) in [7, 11) is 0. The zero-order valence-electron chi connectivity index (χ0n) is 15.7. The van der Waals surface area contributed by atoms with E-state index in [0.717, 1.165) is 50.2 Å². The summed E-state index contributed by atoms with van der Waals surface area (Å²) in [5, 5.41) is 5.90. The molecule has 2 amide bonds. The summed E-state index contributed by atoms with van der Waals surface area (Å²) in [6, 6.07) is 3.52. The number of hydrogen-bond acceptors (Lipinski definition) is 4. The molecular weight excluding hydrogens is 328 g/mol. The first-order valence-corrected chi connectivity index (χ1v) is 9.89. The summed E-state index contributed by atoms with van der Waals surface area (Å²) in [6.07, 6.45) is 9.74. The largest absolute Gasteiger partial charge is 0.356 e. The van der Waals surface area contributed by atoms with E-state index in [-0.39, 0.29) is 17.7 Å². The molecule has 1 aromatic heterocycles. The molecule has 1 aromatic rings. The molecule has 2 fully saturated rings. The minimum atomic E-state index is -0.426. The predicted molar refractivity (Wildman–Crippen MR) is 102 cm³/mol. The van der Waals surface area contributed by atoms with E-state index < -0.39 is 6.04 Å². The molecular formula is C20H30N4O2. The van der Waals surface area contributed by atoms with Gasteiger partial charge in [-0.1, -0.05) is 18.9 Å². The number of pyridine rings is 1. The van der Waals surface area contributed by atoms with Gasteiger partial charge in [0.25, 0.3) is 0 Å². The molecule has 0 spiro atoms. The highest BCUT2D eigenvalue weighted by Gasteiger charge is 2.31. The molecule has 26 heavy (non-hydrogen) atoms. The van der Waals surface area contributed by atoms with Crippen LogP contribution in [0, 0.1) is 5.92 Å². The maximum atomic E-state index is 12.8. The highest BCUT2D eigenvalue weighted by Crippen LogP contribution is 2.28. The number of rotatable bonds is 6. The fourth-order valence-corrected chi connectivity index (χ4v) is 4.16. The van der Waals surface area contributed by atoms with Gasteiger partial charge in [-0.2, -0.15) is 0 Å². The summed E-state index contributed by atoms with van der Waals surface area (Å²) in [6.45, 7) is 3.97. The van der Waals surface area contributed by atoms with Crippen LogP contribution in [-0.2, 0) is 16.1 Å². The Bertz CT molecular complexity index is 622. The van der Waals surface area contributed by atoms with Crippen LogP contribution in [0.1, 0.15) is 57.4 Å².